The Bertz CT molecular complexity index is 1400. The molecule has 1 atom stereocenters. The van der Waals surface area contributed by atoms with Crippen molar-refractivity contribution in [3.05, 3.63) is 120 Å². The lowest BCUT2D eigenvalue weighted by atomic mass is 10.0. The molecule has 0 aliphatic rings. The van der Waals surface area contributed by atoms with E-state index in [0.29, 0.717) is 22.8 Å². The molecule has 40 heavy (non-hydrogen) atoms. The summed E-state index contributed by atoms with van der Waals surface area (Å²) in [6, 6.07) is 26.8. The number of carbonyl (C=O) groups is 2. The van der Waals surface area contributed by atoms with E-state index in [0.717, 1.165) is 16.8 Å². The van der Waals surface area contributed by atoms with Crippen molar-refractivity contribution >= 4 is 11.8 Å². The fourth-order valence-electron chi connectivity index (χ4n) is 4.40. The average Bonchev–Trinajstić information content (AvgIpc) is 3.01. The number of pyridine rings is 1. The number of nitrogens with one attached hydrogen (secondary N) is 1. The Kier molecular flexibility index (Phi) is 9.72. The molecule has 8 heteroatoms. The van der Waals surface area contributed by atoms with Crippen LogP contribution in [0.25, 0.3) is 0 Å². The van der Waals surface area contributed by atoms with Crippen molar-refractivity contribution < 1.29 is 23.8 Å². The summed E-state index contributed by atoms with van der Waals surface area (Å²) in [6.07, 6.45) is 1.74. The Hall–Kier alpha value is -4.85. The maximum atomic E-state index is 14.0. The van der Waals surface area contributed by atoms with Gasteiger partial charge in [-0.2, -0.15) is 0 Å². The number of hydrogen-bond acceptors (Lipinski definition) is 6. The van der Waals surface area contributed by atoms with Crippen LogP contribution in [0.5, 0.6) is 17.2 Å². The molecule has 3 aromatic carbocycles. The van der Waals surface area contributed by atoms with E-state index < -0.39 is 6.04 Å². The highest BCUT2D eigenvalue weighted by Crippen LogP contribution is 2.30. The highest BCUT2D eigenvalue weighted by Gasteiger charge is 2.31. The molecule has 0 radical (unpaired) electrons. The van der Waals surface area contributed by atoms with Crippen LogP contribution in [0.3, 0.4) is 0 Å². The molecule has 1 heterocycles. The van der Waals surface area contributed by atoms with E-state index in [1.54, 1.807) is 44.6 Å². The number of amides is 2. The second-order valence-corrected chi connectivity index (χ2v) is 9.09. The van der Waals surface area contributed by atoms with E-state index >= 15 is 0 Å². The van der Waals surface area contributed by atoms with Gasteiger partial charge in [0.05, 0.1) is 40.0 Å². The van der Waals surface area contributed by atoms with E-state index in [1.807, 2.05) is 78.9 Å². The van der Waals surface area contributed by atoms with Crippen LogP contribution >= 0.6 is 0 Å². The number of rotatable bonds is 12. The van der Waals surface area contributed by atoms with Crippen molar-refractivity contribution in [1.29, 1.82) is 0 Å². The quantitative estimate of drug-likeness (QED) is 0.280. The monoisotopic (exact) mass is 539 g/mol. The second-order valence-electron chi connectivity index (χ2n) is 9.09. The van der Waals surface area contributed by atoms with Gasteiger partial charge in [0.1, 0.15) is 11.8 Å². The first-order chi connectivity index (χ1) is 19.5. The Morgan fingerprint density at radius 3 is 2.15 bits per heavy atom. The Morgan fingerprint density at radius 1 is 0.800 bits per heavy atom. The summed E-state index contributed by atoms with van der Waals surface area (Å²) < 4.78 is 16.1. The molecule has 1 unspecified atom stereocenters. The molecule has 0 saturated heterocycles. The van der Waals surface area contributed by atoms with Crippen molar-refractivity contribution in [2.75, 3.05) is 21.3 Å². The van der Waals surface area contributed by atoms with Gasteiger partial charge in [0.2, 0.25) is 11.8 Å². The number of benzene rings is 3. The first kappa shape index (κ1) is 28.2. The molecule has 206 valence electrons. The predicted octanol–water partition coefficient (Wildman–Crippen LogP) is 4.74. The summed E-state index contributed by atoms with van der Waals surface area (Å²) in [5, 5.41) is 2.98. The summed E-state index contributed by atoms with van der Waals surface area (Å²) in [5.74, 6) is 1.29. The van der Waals surface area contributed by atoms with E-state index in [9.17, 15) is 9.59 Å². The summed E-state index contributed by atoms with van der Waals surface area (Å²) in [4.78, 5) is 33.7. The molecule has 0 spiro atoms. The number of carbonyl (C=O) groups excluding carboxylic acids is 2. The van der Waals surface area contributed by atoms with Crippen LogP contribution in [0.1, 0.15) is 28.4 Å². The molecule has 0 aliphatic heterocycles. The first-order valence-corrected chi connectivity index (χ1v) is 12.9. The highest BCUT2D eigenvalue weighted by atomic mass is 16.5. The van der Waals surface area contributed by atoms with Gasteiger partial charge in [0.25, 0.3) is 0 Å². The minimum Gasteiger partial charge on any atom is -0.497 e. The van der Waals surface area contributed by atoms with Crippen LogP contribution in [0.2, 0.25) is 0 Å². The maximum Gasteiger partial charge on any atom is 0.247 e. The average molecular weight is 540 g/mol. The normalized spacial score (nSPS) is 11.3. The van der Waals surface area contributed by atoms with Gasteiger partial charge in [-0.05, 0) is 53.1 Å². The van der Waals surface area contributed by atoms with Gasteiger partial charge < -0.3 is 24.4 Å². The van der Waals surface area contributed by atoms with Crippen LogP contribution in [-0.4, -0.2) is 43.0 Å². The van der Waals surface area contributed by atoms with Crippen LogP contribution in [0.15, 0.2) is 97.2 Å². The van der Waals surface area contributed by atoms with Crippen LogP contribution in [-0.2, 0) is 29.1 Å². The van der Waals surface area contributed by atoms with Crippen molar-refractivity contribution in [1.82, 2.24) is 15.2 Å². The Labute approximate surface area is 234 Å². The smallest absolute Gasteiger partial charge is 0.247 e. The zero-order valence-electron chi connectivity index (χ0n) is 22.9. The Balaban J connectivity index is 1.69. The summed E-state index contributed by atoms with van der Waals surface area (Å²) in [7, 11) is 4.72. The van der Waals surface area contributed by atoms with Gasteiger partial charge in [-0.25, -0.2) is 0 Å². The first-order valence-electron chi connectivity index (χ1n) is 12.9. The maximum absolute atomic E-state index is 14.0. The third kappa shape index (κ3) is 7.17. The zero-order chi connectivity index (χ0) is 28.3. The molecule has 0 fully saturated rings. The molecule has 0 aliphatic carbocycles. The molecular weight excluding hydrogens is 506 g/mol. The standard InChI is InChI=1S/C32H33N3O5/c1-38-27-15-12-23(13-16-27)22-35(30(36)20-24-14-17-28(39-2)29(19-24)40-3)31(25-9-5-4-6-10-25)32(37)34-21-26-11-7-8-18-33-26/h4-19,31H,20-22H2,1-3H3,(H,34,37). The van der Waals surface area contributed by atoms with E-state index in [-0.39, 0.29) is 31.3 Å². The molecule has 8 nitrogen and oxygen atoms in total. The van der Waals surface area contributed by atoms with Gasteiger partial charge in [-0.15, -0.1) is 0 Å². The predicted molar refractivity (Wildman–Crippen MR) is 152 cm³/mol. The minimum absolute atomic E-state index is 0.0629. The van der Waals surface area contributed by atoms with Crippen LogP contribution in [0.4, 0.5) is 0 Å². The molecule has 4 aromatic rings. The van der Waals surface area contributed by atoms with Gasteiger partial charge in [-0.3, -0.25) is 14.6 Å². The molecular formula is C32H33N3O5. The highest BCUT2D eigenvalue weighted by molar-refractivity contribution is 5.89. The van der Waals surface area contributed by atoms with Gasteiger partial charge in [-0.1, -0.05) is 54.6 Å². The third-order valence-electron chi connectivity index (χ3n) is 6.48. The number of nitrogens with zero attached hydrogens (tertiary/aromatic N) is 2. The molecule has 1 N–H and O–H groups in total. The van der Waals surface area contributed by atoms with Gasteiger partial charge in [0.15, 0.2) is 11.5 Å². The largest absolute Gasteiger partial charge is 0.497 e. The number of ether oxygens (including phenoxy) is 3. The molecule has 4 rings (SSSR count). The van der Waals surface area contributed by atoms with E-state index in [4.69, 9.17) is 14.2 Å². The van der Waals surface area contributed by atoms with Crippen molar-refractivity contribution in [3.8, 4) is 17.2 Å². The van der Waals surface area contributed by atoms with Crippen LogP contribution < -0.4 is 19.5 Å². The van der Waals surface area contributed by atoms with Crippen molar-refractivity contribution in [2.45, 2.75) is 25.6 Å². The lowest BCUT2D eigenvalue weighted by Crippen LogP contribution is -2.44. The van der Waals surface area contributed by atoms with Gasteiger partial charge in [0, 0.05) is 12.7 Å². The van der Waals surface area contributed by atoms with Crippen LogP contribution in [0, 0.1) is 0 Å². The van der Waals surface area contributed by atoms with E-state index in [1.165, 1.54) is 0 Å². The number of aromatic nitrogens is 1. The second kappa shape index (κ2) is 13.8. The topological polar surface area (TPSA) is 90.0 Å². The van der Waals surface area contributed by atoms with Gasteiger partial charge >= 0.3 is 0 Å². The molecule has 0 saturated carbocycles. The third-order valence-corrected chi connectivity index (χ3v) is 6.48. The lowest BCUT2D eigenvalue weighted by Gasteiger charge is -2.32. The van der Waals surface area contributed by atoms with Crippen molar-refractivity contribution in [2.24, 2.45) is 0 Å². The summed E-state index contributed by atoms with van der Waals surface area (Å²) in [6.45, 7) is 0.454. The fourth-order valence-corrected chi connectivity index (χ4v) is 4.40. The molecule has 2 amide bonds. The molecule has 1 aromatic heterocycles. The number of hydrogen-bond donors (Lipinski definition) is 1. The van der Waals surface area contributed by atoms with Crippen molar-refractivity contribution in [3.63, 3.8) is 0 Å². The summed E-state index contributed by atoms with van der Waals surface area (Å²) >= 11 is 0. The zero-order valence-corrected chi connectivity index (χ0v) is 22.9. The fraction of sp³-hybridized carbons (Fsp3) is 0.219. The molecule has 0 bridgehead atoms. The minimum atomic E-state index is -0.875. The number of methoxy groups -OCH3 is 3. The Morgan fingerprint density at radius 2 is 1.50 bits per heavy atom. The van der Waals surface area contributed by atoms with E-state index in [2.05, 4.69) is 10.3 Å². The summed E-state index contributed by atoms with van der Waals surface area (Å²) in [5.41, 5.74) is 3.03. The SMILES string of the molecule is COc1ccc(CN(C(=O)Cc2ccc(OC)c(OC)c2)C(C(=O)NCc2ccccn2)c2ccccc2)cc1. The lowest BCUT2D eigenvalue weighted by molar-refractivity contribution is -0.141.